The zero-order chi connectivity index (χ0) is 23.3. The maximum Gasteiger partial charge on any atom is 0.573 e. The average molecular weight is 455 g/mol. The Morgan fingerprint density at radius 1 is 1.22 bits per heavy atom. The molecule has 0 saturated heterocycles. The third kappa shape index (κ3) is 5.94. The lowest BCUT2D eigenvalue weighted by Crippen LogP contribution is -2.32. The molecule has 1 aliphatic rings. The SMILES string of the molecule is COC[C@@H](NC(=O)c1cc(OC)nc(C2=CCCC2)n1)c1ccc(OC(F)(F)F)c(F)c1. The number of benzene rings is 1. The number of rotatable bonds is 8. The summed E-state index contributed by atoms with van der Waals surface area (Å²) >= 11 is 0. The van der Waals surface area contributed by atoms with E-state index in [9.17, 15) is 22.4 Å². The van der Waals surface area contributed by atoms with Crippen molar-refractivity contribution >= 4 is 11.5 Å². The van der Waals surface area contributed by atoms with Gasteiger partial charge in [-0.25, -0.2) is 9.37 Å². The summed E-state index contributed by atoms with van der Waals surface area (Å²) in [5.74, 6) is -2.22. The number of halogens is 4. The highest BCUT2D eigenvalue weighted by Gasteiger charge is 2.32. The predicted molar refractivity (Wildman–Crippen MR) is 106 cm³/mol. The van der Waals surface area contributed by atoms with Crippen molar-refractivity contribution in [1.29, 1.82) is 0 Å². The van der Waals surface area contributed by atoms with Crippen molar-refractivity contribution in [3.8, 4) is 11.6 Å². The Kier molecular flexibility index (Phi) is 7.29. The molecule has 0 saturated carbocycles. The number of allylic oxidation sites excluding steroid dienone is 2. The van der Waals surface area contributed by atoms with Gasteiger partial charge in [0.05, 0.1) is 19.8 Å². The minimum Gasteiger partial charge on any atom is -0.481 e. The second-order valence-corrected chi connectivity index (χ2v) is 6.96. The third-order valence-electron chi connectivity index (χ3n) is 4.70. The average Bonchev–Trinajstić information content (AvgIpc) is 3.28. The van der Waals surface area contributed by atoms with Crippen LogP contribution in [-0.4, -0.2) is 43.1 Å². The van der Waals surface area contributed by atoms with E-state index in [1.54, 1.807) is 0 Å². The van der Waals surface area contributed by atoms with Crippen molar-refractivity contribution in [3.63, 3.8) is 0 Å². The molecule has 11 heteroatoms. The van der Waals surface area contributed by atoms with Gasteiger partial charge in [-0.15, -0.1) is 13.2 Å². The number of nitrogens with one attached hydrogen (secondary N) is 1. The molecule has 1 atom stereocenters. The van der Waals surface area contributed by atoms with Crippen LogP contribution in [0, 0.1) is 5.82 Å². The normalized spacial score (nSPS) is 14.6. The van der Waals surface area contributed by atoms with E-state index in [0.717, 1.165) is 37.0 Å². The first-order valence-corrected chi connectivity index (χ1v) is 9.67. The van der Waals surface area contributed by atoms with Crippen LogP contribution in [0.25, 0.3) is 5.57 Å². The van der Waals surface area contributed by atoms with Crippen LogP contribution in [-0.2, 0) is 4.74 Å². The Balaban J connectivity index is 1.84. The Morgan fingerprint density at radius 3 is 2.59 bits per heavy atom. The van der Waals surface area contributed by atoms with Crippen molar-refractivity contribution in [2.45, 2.75) is 31.7 Å². The molecule has 1 aromatic carbocycles. The number of hydrogen-bond donors (Lipinski definition) is 1. The Labute approximate surface area is 181 Å². The van der Waals surface area contributed by atoms with Crippen molar-refractivity contribution in [1.82, 2.24) is 15.3 Å². The number of carbonyl (C=O) groups is 1. The van der Waals surface area contributed by atoms with Crippen molar-refractivity contribution in [3.05, 3.63) is 53.2 Å². The molecule has 0 radical (unpaired) electrons. The molecule has 1 aromatic heterocycles. The smallest absolute Gasteiger partial charge is 0.481 e. The fourth-order valence-corrected chi connectivity index (χ4v) is 3.22. The molecule has 0 aliphatic heterocycles. The number of methoxy groups -OCH3 is 2. The summed E-state index contributed by atoms with van der Waals surface area (Å²) in [6, 6.07) is 3.39. The standard InChI is InChI=1S/C21H21F4N3O4/c1-30-11-16(13-7-8-17(14(22)9-13)32-21(23,24)25)27-20(29)15-10-18(31-2)28-19(26-15)12-5-3-4-6-12/h5,7-10,16H,3-4,6,11H2,1-2H3,(H,27,29)/t16-/m1/s1. The van der Waals surface area contributed by atoms with E-state index < -0.39 is 29.9 Å². The topological polar surface area (TPSA) is 82.6 Å². The predicted octanol–water partition coefficient (Wildman–Crippen LogP) is 4.21. The van der Waals surface area contributed by atoms with E-state index in [-0.39, 0.29) is 23.7 Å². The fourth-order valence-electron chi connectivity index (χ4n) is 3.22. The molecule has 0 fully saturated rings. The van der Waals surface area contributed by atoms with E-state index in [0.29, 0.717) is 5.82 Å². The van der Waals surface area contributed by atoms with E-state index >= 15 is 0 Å². The van der Waals surface area contributed by atoms with Gasteiger partial charge in [-0.3, -0.25) is 4.79 Å². The van der Waals surface area contributed by atoms with Gasteiger partial charge in [-0.1, -0.05) is 12.1 Å². The molecule has 3 rings (SSSR count). The summed E-state index contributed by atoms with van der Waals surface area (Å²) in [6.45, 7) is -0.0646. The first-order chi connectivity index (χ1) is 15.2. The van der Waals surface area contributed by atoms with Crippen molar-refractivity contribution < 1.29 is 36.6 Å². The second-order valence-electron chi connectivity index (χ2n) is 6.96. The van der Waals surface area contributed by atoms with Crippen LogP contribution in [0.1, 0.15) is 47.2 Å². The van der Waals surface area contributed by atoms with Gasteiger partial charge in [0.15, 0.2) is 17.4 Å². The molecule has 1 amide bonds. The second kappa shape index (κ2) is 9.94. The molecule has 0 bridgehead atoms. The number of aromatic nitrogens is 2. The summed E-state index contributed by atoms with van der Waals surface area (Å²) in [7, 11) is 2.78. The zero-order valence-corrected chi connectivity index (χ0v) is 17.3. The van der Waals surface area contributed by atoms with Gasteiger partial charge in [-0.2, -0.15) is 4.98 Å². The maximum absolute atomic E-state index is 14.1. The summed E-state index contributed by atoms with van der Waals surface area (Å²) in [5, 5.41) is 2.66. The van der Waals surface area contributed by atoms with Crippen LogP contribution in [0.15, 0.2) is 30.3 Å². The lowest BCUT2D eigenvalue weighted by atomic mass is 10.1. The molecule has 172 valence electrons. The van der Waals surface area contributed by atoms with Crippen molar-refractivity contribution in [2.24, 2.45) is 0 Å². The highest BCUT2D eigenvalue weighted by atomic mass is 19.4. The van der Waals surface area contributed by atoms with Gasteiger partial charge in [0.1, 0.15) is 5.69 Å². The Hall–Kier alpha value is -3.21. The highest BCUT2D eigenvalue weighted by molar-refractivity contribution is 5.93. The van der Waals surface area contributed by atoms with Gasteiger partial charge in [-0.05, 0) is 42.5 Å². The number of nitrogens with zero attached hydrogens (tertiary/aromatic N) is 2. The van der Waals surface area contributed by atoms with Gasteiger partial charge in [0, 0.05) is 13.2 Å². The number of ether oxygens (including phenoxy) is 3. The number of amides is 1. The van der Waals surface area contributed by atoms with Gasteiger partial charge < -0.3 is 19.5 Å². The largest absolute Gasteiger partial charge is 0.573 e. The minimum atomic E-state index is -5.03. The molecule has 32 heavy (non-hydrogen) atoms. The molecule has 2 aromatic rings. The lowest BCUT2D eigenvalue weighted by molar-refractivity contribution is -0.275. The quantitative estimate of drug-likeness (QED) is 0.601. The van der Waals surface area contributed by atoms with Crippen LogP contribution < -0.4 is 14.8 Å². The van der Waals surface area contributed by atoms with Crippen LogP contribution in [0.4, 0.5) is 17.6 Å². The molecule has 0 unspecified atom stereocenters. The number of carbonyl (C=O) groups excluding carboxylic acids is 1. The first-order valence-electron chi connectivity index (χ1n) is 9.67. The number of hydrogen-bond acceptors (Lipinski definition) is 6. The molecule has 7 nitrogen and oxygen atoms in total. The van der Waals surface area contributed by atoms with E-state index in [4.69, 9.17) is 9.47 Å². The third-order valence-corrected chi connectivity index (χ3v) is 4.70. The Bertz CT molecular complexity index is 1010. The number of alkyl halides is 3. The minimum absolute atomic E-state index is 0.0262. The molecule has 1 heterocycles. The van der Waals surface area contributed by atoms with Crippen LogP contribution in [0.2, 0.25) is 0 Å². The molecule has 1 N–H and O–H groups in total. The summed E-state index contributed by atoms with van der Waals surface area (Å²) in [5.41, 5.74) is 1.12. The first kappa shape index (κ1) is 23.5. The van der Waals surface area contributed by atoms with Crippen LogP contribution in [0.5, 0.6) is 11.6 Å². The monoisotopic (exact) mass is 455 g/mol. The molecule has 1 aliphatic carbocycles. The molecular formula is C21H21F4N3O4. The molecular weight excluding hydrogens is 434 g/mol. The van der Waals surface area contributed by atoms with Crippen LogP contribution in [0.3, 0.4) is 0 Å². The van der Waals surface area contributed by atoms with E-state index in [2.05, 4.69) is 20.0 Å². The maximum atomic E-state index is 14.1. The fraction of sp³-hybridized carbons (Fsp3) is 0.381. The van der Waals surface area contributed by atoms with E-state index in [1.807, 2.05) is 6.08 Å². The van der Waals surface area contributed by atoms with Gasteiger partial charge in [0.25, 0.3) is 5.91 Å². The summed E-state index contributed by atoms with van der Waals surface area (Å²) in [4.78, 5) is 21.5. The van der Waals surface area contributed by atoms with Crippen LogP contribution >= 0.6 is 0 Å². The lowest BCUT2D eigenvalue weighted by Gasteiger charge is -2.19. The highest BCUT2D eigenvalue weighted by Crippen LogP contribution is 2.29. The summed E-state index contributed by atoms with van der Waals surface area (Å²) < 4.78 is 65.2. The zero-order valence-electron chi connectivity index (χ0n) is 17.3. The van der Waals surface area contributed by atoms with Gasteiger partial charge >= 0.3 is 6.36 Å². The Morgan fingerprint density at radius 2 is 2.00 bits per heavy atom. The summed E-state index contributed by atoms with van der Waals surface area (Å²) in [6.07, 6.45) is -0.384. The van der Waals surface area contributed by atoms with Gasteiger partial charge in [0.2, 0.25) is 5.88 Å². The van der Waals surface area contributed by atoms with Crippen molar-refractivity contribution in [2.75, 3.05) is 20.8 Å². The molecule has 0 spiro atoms. The van der Waals surface area contributed by atoms with E-state index in [1.165, 1.54) is 26.4 Å².